The lowest BCUT2D eigenvalue weighted by Gasteiger charge is -2.14. The van der Waals surface area contributed by atoms with E-state index in [1.54, 1.807) is 22.0 Å². The van der Waals surface area contributed by atoms with E-state index in [0.717, 1.165) is 25.7 Å². The van der Waals surface area contributed by atoms with E-state index in [0.29, 0.717) is 54.6 Å². The Balaban J connectivity index is 1.25. The lowest BCUT2D eigenvalue weighted by Crippen LogP contribution is -2.29. The molecule has 2 aromatic heterocycles. The summed E-state index contributed by atoms with van der Waals surface area (Å²) in [5.74, 6) is 2.08. The van der Waals surface area contributed by atoms with Crippen LogP contribution in [0.3, 0.4) is 0 Å². The summed E-state index contributed by atoms with van der Waals surface area (Å²) in [7, 11) is 0. The van der Waals surface area contributed by atoms with Crippen LogP contribution >= 0.6 is 48.0 Å². The number of nitrogens with zero attached hydrogens (tertiary/aromatic N) is 2. The number of furan rings is 2. The van der Waals surface area contributed by atoms with E-state index in [1.807, 2.05) is 24.3 Å². The van der Waals surface area contributed by atoms with Crippen LogP contribution in [-0.4, -0.2) is 43.3 Å². The summed E-state index contributed by atoms with van der Waals surface area (Å²) in [6.45, 7) is 5.79. The second kappa shape index (κ2) is 19.6. The largest absolute Gasteiger partial charge is 0.453 e. The summed E-state index contributed by atoms with van der Waals surface area (Å²) in [6, 6.07) is 7.27. The van der Waals surface area contributed by atoms with Gasteiger partial charge in [0, 0.05) is 25.2 Å². The third-order valence-electron chi connectivity index (χ3n) is 8.26. The highest BCUT2D eigenvalue weighted by molar-refractivity contribution is 8.27. The minimum absolute atomic E-state index is 0.0593. The maximum absolute atomic E-state index is 13.0. The second-order valence-corrected chi connectivity index (χ2v) is 15.4. The highest BCUT2D eigenvalue weighted by Crippen LogP contribution is 2.36. The molecule has 0 bridgehead atoms. The number of thioether (sulfide) groups is 2. The van der Waals surface area contributed by atoms with E-state index in [-0.39, 0.29) is 11.8 Å². The van der Waals surface area contributed by atoms with Gasteiger partial charge in [-0.2, -0.15) is 0 Å². The minimum Gasteiger partial charge on any atom is -0.453 e. The summed E-state index contributed by atoms with van der Waals surface area (Å²) < 4.78 is 13.2. The van der Waals surface area contributed by atoms with Crippen molar-refractivity contribution < 1.29 is 18.4 Å². The summed E-state index contributed by atoms with van der Waals surface area (Å²) in [6.07, 6.45) is 23.0. The van der Waals surface area contributed by atoms with Gasteiger partial charge in [0.15, 0.2) is 11.5 Å². The quantitative estimate of drug-likeness (QED) is 0.0724. The van der Waals surface area contributed by atoms with E-state index in [4.69, 9.17) is 33.3 Å². The average Bonchev–Trinajstić information content (AvgIpc) is 3.81. The molecule has 0 aliphatic carbocycles. The fourth-order valence-corrected chi connectivity index (χ4v) is 8.15. The highest BCUT2D eigenvalue weighted by Gasteiger charge is 2.33. The number of unbranched alkanes of at least 4 members (excludes halogenated alkanes) is 14. The maximum atomic E-state index is 13.0. The highest BCUT2D eigenvalue weighted by atomic mass is 32.2. The van der Waals surface area contributed by atoms with Gasteiger partial charge in [-0.05, 0) is 37.1 Å². The second-order valence-electron chi connectivity index (χ2n) is 12.0. The van der Waals surface area contributed by atoms with Crippen LogP contribution in [0, 0.1) is 0 Å². The molecular weight excluding hydrogens is 653 g/mol. The van der Waals surface area contributed by atoms with Gasteiger partial charge in [-0.15, -0.1) is 0 Å². The predicted molar refractivity (Wildman–Crippen MR) is 201 cm³/mol. The summed E-state index contributed by atoms with van der Waals surface area (Å²) in [5, 5.41) is 0. The first-order valence-corrected chi connectivity index (χ1v) is 19.6. The van der Waals surface area contributed by atoms with Gasteiger partial charge in [0.1, 0.15) is 20.2 Å². The van der Waals surface area contributed by atoms with Crippen molar-refractivity contribution in [2.24, 2.45) is 0 Å². The van der Waals surface area contributed by atoms with Crippen molar-refractivity contribution in [1.29, 1.82) is 0 Å². The summed E-state index contributed by atoms with van der Waals surface area (Å²) in [5.41, 5.74) is 0. The molecule has 2 saturated heterocycles. The molecule has 4 rings (SSSR count). The van der Waals surface area contributed by atoms with Crippen LogP contribution < -0.4 is 0 Å². The molecule has 0 N–H and O–H groups in total. The van der Waals surface area contributed by atoms with Crippen molar-refractivity contribution in [2.75, 3.05) is 13.1 Å². The number of thiocarbonyl (C=S) groups is 2. The zero-order chi connectivity index (χ0) is 32.7. The van der Waals surface area contributed by atoms with Crippen LogP contribution in [-0.2, 0) is 9.59 Å². The topological polar surface area (TPSA) is 66.9 Å². The van der Waals surface area contributed by atoms with Gasteiger partial charge in [0.05, 0.1) is 9.81 Å². The molecular formula is C36H48N2O4S4. The molecule has 2 aromatic rings. The number of hydrogen-bond donors (Lipinski definition) is 0. The summed E-state index contributed by atoms with van der Waals surface area (Å²) >= 11 is 13.7. The van der Waals surface area contributed by atoms with E-state index in [9.17, 15) is 9.59 Å². The van der Waals surface area contributed by atoms with Crippen molar-refractivity contribution in [3.63, 3.8) is 0 Å². The molecule has 4 heterocycles. The molecule has 0 radical (unpaired) electrons. The van der Waals surface area contributed by atoms with Gasteiger partial charge in [0.25, 0.3) is 11.8 Å². The monoisotopic (exact) mass is 700 g/mol. The van der Waals surface area contributed by atoms with E-state index in [2.05, 4.69) is 13.8 Å². The van der Waals surface area contributed by atoms with E-state index >= 15 is 0 Å². The van der Waals surface area contributed by atoms with Gasteiger partial charge in [-0.1, -0.05) is 152 Å². The minimum atomic E-state index is -0.0593. The van der Waals surface area contributed by atoms with Crippen molar-refractivity contribution in [3.05, 3.63) is 45.6 Å². The third-order valence-corrected chi connectivity index (χ3v) is 11.0. The molecule has 2 amide bonds. The molecule has 2 aliphatic heterocycles. The van der Waals surface area contributed by atoms with Gasteiger partial charge in [-0.3, -0.25) is 19.4 Å². The van der Waals surface area contributed by atoms with E-state index in [1.165, 1.54) is 101 Å². The van der Waals surface area contributed by atoms with Gasteiger partial charge >= 0.3 is 0 Å². The Labute approximate surface area is 294 Å². The number of rotatable bonds is 21. The van der Waals surface area contributed by atoms with Crippen molar-refractivity contribution in [2.45, 2.75) is 117 Å². The Hall–Kier alpha value is -2.14. The number of carbonyl (C=O) groups is 2. The Kier molecular flexibility index (Phi) is 15.7. The molecule has 6 nitrogen and oxygen atoms in total. The Morgan fingerprint density at radius 1 is 0.565 bits per heavy atom. The first-order valence-electron chi connectivity index (χ1n) is 17.1. The summed E-state index contributed by atoms with van der Waals surface area (Å²) in [4.78, 5) is 30.7. The van der Waals surface area contributed by atoms with Crippen LogP contribution in [0.4, 0.5) is 0 Å². The van der Waals surface area contributed by atoms with Crippen molar-refractivity contribution in [3.8, 4) is 11.5 Å². The molecule has 0 unspecified atom stereocenters. The molecule has 2 aliphatic rings. The Morgan fingerprint density at radius 2 is 0.913 bits per heavy atom. The molecule has 46 heavy (non-hydrogen) atoms. The number of hydrogen-bond acceptors (Lipinski definition) is 8. The van der Waals surface area contributed by atoms with Crippen LogP contribution in [0.5, 0.6) is 0 Å². The first-order chi connectivity index (χ1) is 22.4. The number of amides is 2. The SMILES string of the molecule is CCCCCCCCCCN1C(=O)/C(=C/c2ccc(-c3ccc(/C=C4\SC(=S)N(CCCCCCCCCC)C4=O)o3)o2)SC1=S. The van der Waals surface area contributed by atoms with Crippen molar-refractivity contribution >= 4 is 80.6 Å². The van der Waals surface area contributed by atoms with Gasteiger partial charge in [0.2, 0.25) is 0 Å². The lowest BCUT2D eigenvalue weighted by molar-refractivity contribution is -0.123. The van der Waals surface area contributed by atoms with Gasteiger partial charge < -0.3 is 8.83 Å². The Bertz CT molecular complexity index is 1290. The lowest BCUT2D eigenvalue weighted by atomic mass is 10.1. The van der Waals surface area contributed by atoms with Crippen LogP contribution in [0.1, 0.15) is 128 Å². The molecule has 0 saturated carbocycles. The van der Waals surface area contributed by atoms with Crippen LogP contribution in [0.2, 0.25) is 0 Å². The zero-order valence-corrected chi connectivity index (χ0v) is 30.6. The van der Waals surface area contributed by atoms with Gasteiger partial charge in [-0.25, -0.2) is 0 Å². The maximum Gasteiger partial charge on any atom is 0.266 e. The predicted octanol–water partition coefficient (Wildman–Crippen LogP) is 11.2. The van der Waals surface area contributed by atoms with Crippen LogP contribution in [0.25, 0.3) is 23.7 Å². The smallest absolute Gasteiger partial charge is 0.266 e. The molecule has 0 atom stereocenters. The zero-order valence-electron chi connectivity index (χ0n) is 27.4. The molecule has 10 heteroatoms. The van der Waals surface area contributed by atoms with Crippen LogP contribution in [0.15, 0.2) is 42.9 Å². The molecule has 0 aromatic carbocycles. The fraction of sp³-hybridized carbons (Fsp3) is 0.556. The average molecular weight is 701 g/mol. The molecule has 250 valence electrons. The Morgan fingerprint density at radius 3 is 1.28 bits per heavy atom. The standard InChI is InChI=1S/C36H48N2O4S4/c1-3-5-7-9-11-13-15-17-23-37-33(39)31(45-35(37)43)25-27-19-21-29(41-27)30-22-20-28(42-30)26-32-34(40)38(36(44)46-32)24-18-16-14-12-10-8-6-4-2/h19-22,25-26H,3-18,23-24H2,1-2H3/b31-25-,32-26-. The third kappa shape index (κ3) is 11.0. The first kappa shape index (κ1) is 36.7. The van der Waals surface area contributed by atoms with E-state index < -0.39 is 0 Å². The molecule has 0 spiro atoms. The fourth-order valence-electron chi connectivity index (χ4n) is 5.58. The molecule has 2 fully saturated rings. The number of carbonyl (C=O) groups excluding carboxylic acids is 2. The van der Waals surface area contributed by atoms with Crippen molar-refractivity contribution in [1.82, 2.24) is 9.80 Å². The normalized spacial score (nSPS) is 17.2.